The maximum absolute atomic E-state index is 12.6. The van der Waals surface area contributed by atoms with E-state index < -0.39 is 5.60 Å². The van der Waals surface area contributed by atoms with E-state index in [2.05, 4.69) is 19.9 Å². The van der Waals surface area contributed by atoms with Gasteiger partial charge in [0.25, 0.3) is 0 Å². The fraction of sp³-hybridized carbons (Fsp3) is 0.455. The number of hydrogen-bond donors (Lipinski definition) is 1. The van der Waals surface area contributed by atoms with Gasteiger partial charge < -0.3 is 19.5 Å². The minimum absolute atomic E-state index is 0.0548. The van der Waals surface area contributed by atoms with E-state index in [0.717, 1.165) is 42.5 Å². The fourth-order valence-corrected chi connectivity index (χ4v) is 4.25. The molecule has 3 aromatic heterocycles. The lowest BCUT2D eigenvalue weighted by Crippen LogP contribution is -2.54. The molecule has 1 atom stereocenters. The molecule has 0 radical (unpaired) electrons. The number of aliphatic hydroxyl groups is 1. The van der Waals surface area contributed by atoms with Gasteiger partial charge >= 0.3 is 0 Å². The number of hydrogen-bond acceptors (Lipinski definition) is 6. The molecule has 8 nitrogen and oxygen atoms in total. The molecule has 1 aliphatic rings. The zero-order valence-electron chi connectivity index (χ0n) is 17.3. The summed E-state index contributed by atoms with van der Waals surface area (Å²) in [7, 11) is 1.78. The molecule has 8 heteroatoms. The number of rotatable bonds is 7. The van der Waals surface area contributed by atoms with Crippen molar-refractivity contribution in [2.45, 2.75) is 37.8 Å². The van der Waals surface area contributed by atoms with E-state index >= 15 is 0 Å². The largest absolute Gasteiger partial charge is 0.386 e. The number of likely N-dealkylation sites (N-methyl/N-ethyl adjacent to an activating group) is 1. The number of anilines is 1. The number of amides is 1. The standard InChI is InChI=1S/C22H28N6O2/c1-26(21(29)4-2-11-27-13-10-24-17-27)15-22(30)7-3-12-28(16-22)20-6-9-25-19-5-8-23-14-18(19)20/h5-6,8-10,13-14,17,30H,2-4,7,11-12,15-16H2,1H3/t22-/m0/s1. The third-order valence-electron chi connectivity index (χ3n) is 5.74. The number of pyridine rings is 2. The zero-order chi connectivity index (χ0) is 21.0. The number of aromatic nitrogens is 4. The average Bonchev–Trinajstić information content (AvgIpc) is 3.26. The van der Waals surface area contributed by atoms with Crippen molar-refractivity contribution in [1.29, 1.82) is 0 Å². The van der Waals surface area contributed by atoms with Crippen LogP contribution in [0.5, 0.6) is 0 Å². The molecule has 1 fully saturated rings. The molecule has 3 aromatic rings. The third kappa shape index (κ3) is 4.59. The average molecular weight is 409 g/mol. The fourth-order valence-electron chi connectivity index (χ4n) is 4.25. The van der Waals surface area contributed by atoms with E-state index in [-0.39, 0.29) is 5.91 Å². The summed E-state index contributed by atoms with van der Waals surface area (Å²) >= 11 is 0. The van der Waals surface area contributed by atoms with Crippen LogP contribution in [-0.2, 0) is 11.3 Å². The second kappa shape index (κ2) is 8.79. The topological polar surface area (TPSA) is 87.4 Å². The highest BCUT2D eigenvalue weighted by atomic mass is 16.3. The van der Waals surface area contributed by atoms with Crippen LogP contribution in [0, 0.1) is 0 Å². The Morgan fingerprint density at radius 3 is 3.00 bits per heavy atom. The molecule has 0 unspecified atom stereocenters. The first kappa shape index (κ1) is 20.3. The highest BCUT2D eigenvalue weighted by Crippen LogP contribution is 2.31. The molecule has 30 heavy (non-hydrogen) atoms. The van der Waals surface area contributed by atoms with E-state index in [4.69, 9.17) is 0 Å². The van der Waals surface area contributed by atoms with E-state index in [9.17, 15) is 9.90 Å². The lowest BCUT2D eigenvalue weighted by molar-refractivity contribution is -0.133. The predicted octanol–water partition coefficient (Wildman–Crippen LogP) is 2.10. The molecule has 0 spiro atoms. The normalized spacial score (nSPS) is 19.2. The van der Waals surface area contributed by atoms with Gasteiger partial charge in [-0.15, -0.1) is 0 Å². The van der Waals surface area contributed by atoms with Gasteiger partial charge in [-0.2, -0.15) is 0 Å². The number of piperidine rings is 1. The van der Waals surface area contributed by atoms with Crippen molar-refractivity contribution in [2.75, 3.05) is 31.6 Å². The van der Waals surface area contributed by atoms with Gasteiger partial charge in [-0.1, -0.05) is 0 Å². The van der Waals surface area contributed by atoms with E-state index in [1.54, 1.807) is 36.9 Å². The third-order valence-corrected chi connectivity index (χ3v) is 5.74. The Morgan fingerprint density at radius 1 is 1.27 bits per heavy atom. The van der Waals surface area contributed by atoms with Crippen LogP contribution in [-0.4, -0.2) is 67.7 Å². The molecular formula is C22H28N6O2. The first-order chi connectivity index (χ1) is 14.5. The Kier molecular flexibility index (Phi) is 5.94. The Morgan fingerprint density at radius 2 is 2.17 bits per heavy atom. The van der Waals surface area contributed by atoms with Gasteiger partial charge in [-0.3, -0.25) is 14.8 Å². The van der Waals surface area contributed by atoms with Crippen LogP contribution in [0.25, 0.3) is 10.9 Å². The van der Waals surface area contributed by atoms with Crippen LogP contribution in [0.15, 0.2) is 49.4 Å². The molecular weight excluding hydrogens is 380 g/mol. The number of imidazole rings is 1. The zero-order valence-corrected chi connectivity index (χ0v) is 17.3. The molecule has 1 aliphatic heterocycles. The number of nitrogens with zero attached hydrogens (tertiary/aromatic N) is 6. The molecule has 0 saturated carbocycles. The Labute approximate surface area is 176 Å². The molecule has 4 heterocycles. The molecule has 0 aromatic carbocycles. The second-order valence-corrected chi connectivity index (χ2v) is 8.13. The summed E-state index contributed by atoms with van der Waals surface area (Å²) in [5, 5.41) is 12.3. The first-order valence-corrected chi connectivity index (χ1v) is 10.4. The summed E-state index contributed by atoms with van der Waals surface area (Å²) in [4.78, 5) is 29.1. The summed E-state index contributed by atoms with van der Waals surface area (Å²) < 4.78 is 1.97. The summed E-state index contributed by atoms with van der Waals surface area (Å²) in [5.41, 5.74) is 0.979. The maximum Gasteiger partial charge on any atom is 0.222 e. The highest BCUT2D eigenvalue weighted by Gasteiger charge is 2.35. The van der Waals surface area contributed by atoms with Crippen molar-refractivity contribution in [3.05, 3.63) is 49.4 Å². The quantitative estimate of drug-likeness (QED) is 0.644. The SMILES string of the molecule is CN(C[C@@]1(O)CCCN(c2ccnc3ccncc23)C1)C(=O)CCCn1ccnc1. The van der Waals surface area contributed by atoms with Crippen molar-refractivity contribution < 1.29 is 9.90 Å². The van der Waals surface area contributed by atoms with Crippen molar-refractivity contribution in [1.82, 2.24) is 24.4 Å². The van der Waals surface area contributed by atoms with Gasteiger partial charge in [0.05, 0.1) is 24.0 Å². The molecule has 1 amide bonds. The number of fused-ring (bicyclic) bond motifs is 1. The van der Waals surface area contributed by atoms with Crippen molar-refractivity contribution >= 4 is 22.5 Å². The van der Waals surface area contributed by atoms with Crippen LogP contribution in [0.2, 0.25) is 0 Å². The van der Waals surface area contributed by atoms with Crippen LogP contribution in [0.1, 0.15) is 25.7 Å². The van der Waals surface area contributed by atoms with Crippen molar-refractivity contribution in [3.8, 4) is 0 Å². The molecule has 4 rings (SSSR count). The van der Waals surface area contributed by atoms with Crippen LogP contribution >= 0.6 is 0 Å². The summed E-state index contributed by atoms with van der Waals surface area (Å²) in [6.45, 7) is 2.43. The number of carbonyl (C=O) groups is 1. The van der Waals surface area contributed by atoms with Crippen LogP contribution < -0.4 is 4.90 Å². The van der Waals surface area contributed by atoms with Crippen LogP contribution in [0.3, 0.4) is 0 Å². The molecule has 0 bridgehead atoms. The van der Waals surface area contributed by atoms with E-state index in [0.29, 0.717) is 25.9 Å². The Hall–Kier alpha value is -3.00. The summed E-state index contributed by atoms with van der Waals surface area (Å²) in [6, 6.07) is 3.87. The minimum atomic E-state index is -0.940. The molecule has 0 aliphatic carbocycles. The number of carbonyl (C=O) groups excluding carboxylic acids is 1. The monoisotopic (exact) mass is 408 g/mol. The number of β-amino-alcohol motifs (C(OH)–C–C–N with tert-alkyl or cyclic N) is 1. The first-order valence-electron chi connectivity index (χ1n) is 10.4. The van der Waals surface area contributed by atoms with Gasteiger partial charge in [-0.05, 0) is 31.4 Å². The molecule has 158 valence electrons. The van der Waals surface area contributed by atoms with Crippen LogP contribution in [0.4, 0.5) is 5.69 Å². The lowest BCUT2D eigenvalue weighted by Gasteiger charge is -2.42. The number of aryl methyl sites for hydroxylation is 1. The van der Waals surface area contributed by atoms with E-state index in [1.807, 2.05) is 29.1 Å². The predicted molar refractivity (Wildman–Crippen MR) is 115 cm³/mol. The highest BCUT2D eigenvalue weighted by molar-refractivity contribution is 5.90. The maximum atomic E-state index is 12.6. The van der Waals surface area contributed by atoms with Gasteiger partial charge in [0.1, 0.15) is 0 Å². The second-order valence-electron chi connectivity index (χ2n) is 8.13. The Bertz CT molecular complexity index is 987. The van der Waals surface area contributed by atoms with Crippen molar-refractivity contribution in [2.24, 2.45) is 0 Å². The Balaban J connectivity index is 1.38. The van der Waals surface area contributed by atoms with Gasteiger partial charge in [0, 0.05) is 75.2 Å². The van der Waals surface area contributed by atoms with Gasteiger partial charge in [-0.25, -0.2) is 4.98 Å². The van der Waals surface area contributed by atoms with Gasteiger partial charge in [0.2, 0.25) is 5.91 Å². The summed E-state index contributed by atoms with van der Waals surface area (Å²) in [5.74, 6) is 0.0548. The molecule has 1 N–H and O–H groups in total. The van der Waals surface area contributed by atoms with Gasteiger partial charge in [0.15, 0.2) is 0 Å². The molecule has 1 saturated heterocycles. The lowest BCUT2D eigenvalue weighted by atomic mass is 9.91. The van der Waals surface area contributed by atoms with Crippen molar-refractivity contribution in [3.63, 3.8) is 0 Å². The minimum Gasteiger partial charge on any atom is -0.386 e. The van der Waals surface area contributed by atoms with E-state index in [1.165, 1.54) is 0 Å². The summed E-state index contributed by atoms with van der Waals surface area (Å²) in [6.07, 6.45) is 13.5. The smallest absolute Gasteiger partial charge is 0.222 e.